The molecule has 1 unspecified atom stereocenters. The molecule has 1 aromatic rings. The SMILES string of the molecule is O=C(/C=C/c1ccc(N[C@@H]2CCN(C(=O)C3CCCCC3)C2)nc1)NOC1CCCCO1. The second-order valence-electron chi connectivity index (χ2n) is 8.94. The van der Waals surface area contributed by atoms with Crippen molar-refractivity contribution < 1.29 is 19.2 Å². The van der Waals surface area contributed by atoms with Crippen LogP contribution in [0.15, 0.2) is 24.4 Å². The van der Waals surface area contributed by atoms with E-state index in [4.69, 9.17) is 9.57 Å². The third-order valence-corrected chi connectivity index (χ3v) is 6.45. The largest absolute Gasteiger partial charge is 0.365 e. The van der Waals surface area contributed by atoms with Crippen molar-refractivity contribution in [3.8, 4) is 0 Å². The molecule has 2 atom stereocenters. The summed E-state index contributed by atoms with van der Waals surface area (Å²) in [5.41, 5.74) is 3.22. The van der Waals surface area contributed by atoms with E-state index in [1.165, 1.54) is 25.3 Å². The van der Waals surface area contributed by atoms with Gasteiger partial charge in [-0.05, 0) is 55.9 Å². The van der Waals surface area contributed by atoms with Crippen LogP contribution in [0.5, 0.6) is 0 Å². The van der Waals surface area contributed by atoms with Gasteiger partial charge in [0, 0.05) is 50.3 Å². The molecular formula is C24H34N4O4. The maximum Gasteiger partial charge on any atom is 0.267 e. The number of likely N-dealkylation sites (tertiary alicyclic amines) is 1. The zero-order valence-corrected chi connectivity index (χ0v) is 18.6. The predicted molar refractivity (Wildman–Crippen MR) is 121 cm³/mol. The lowest BCUT2D eigenvalue weighted by Gasteiger charge is -2.26. The van der Waals surface area contributed by atoms with Crippen LogP contribution in [0.2, 0.25) is 0 Å². The third kappa shape index (κ3) is 6.53. The molecule has 0 spiro atoms. The van der Waals surface area contributed by atoms with Gasteiger partial charge < -0.3 is 15.0 Å². The Morgan fingerprint density at radius 2 is 1.94 bits per heavy atom. The Labute approximate surface area is 189 Å². The minimum atomic E-state index is -0.363. The van der Waals surface area contributed by atoms with Gasteiger partial charge in [-0.15, -0.1) is 0 Å². The number of hydroxylamine groups is 1. The van der Waals surface area contributed by atoms with Gasteiger partial charge in [0.1, 0.15) is 5.82 Å². The van der Waals surface area contributed by atoms with Crippen LogP contribution in [0.25, 0.3) is 6.08 Å². The number of carbonyl (C=O) groups excluding carboxylic acids is 2. The quantitative estimate of drug-likeness (QED) is 0.497. The van der Waals surface area contributed by atoms with Crippen molar-refractivity contribution in [1.82, 2.24) is 15.4 Å². The van der Waals surface area contributed by atoms with Gasteiger partial charge in [-0.3, -0.25) is 9.59 Å². The third-order valence-electron chi connectivity index (χ3n) is 6.45. The van der Waals surface area contributed by atoms with Gasteiger partial charge >= 0.3 is 0 Å². The van der Waals surface area contributed by atoms with Crippen molar-refractivity contribution in [3.05, 3.63) is 30.0 Å². The average molecular weight is 443 g/mol. The molecular weight excluding hydrogens is 408 g/mol. The highest BCUT2D eigenvalue weighted by molar-refractivity contribution is 5.90. The molecule has 4 rings (SSSR count). The number of carbonyl (C=O) groups is 2. The van der Waals surface area contributed by atoms with E-state index in [-0.39, 0.29) is 24.2 Å². The fourth-order valence-corrected chi connectivity index (χ4v) is 4.62. The number of anilines is 1. The van der Waals surface area contributed by atoms with Gasteiger partial charge in [-0.1, -0.05) is 19.3 Å². The van der Waals surface area contributed by atoms with Gasteiger partial charge in [0.25, 0.3) is 5.91 Å². The van der Waals surface area contributed by atoms with Crippen molar-refractivity contribution in [3.63, 3.8) is 0 Å². The second-order valence-corrected chi connectivity index (χ2v) is 8.94. The summed E-state index contributed by atoms with van der Waals surface area (Å²) in [4.78, 5) is 36.4. The molecule has 3 fully saturated rings. The molecule has 0 radical (unpaired) electrons. The Bertz CT molecular complexity index is 786. The molecule has 2 amide bonds. The minimum absolute atomic E-state index is 0.223. The number of hydrogen-bond acceptors (Lipinski definition) is 6. The predicted octanol–water partition coefficient (Wildman–Crippen LogP) is 3.26. The van der Waals surface area contributed by atoms with Crippen LogP contribution in [0.4, 0.5) is 5.82 Å². The van der Waals surface area contributed by atoms with E-state index in [2.05, 4.69) is 15.8 Å². The van der Waals surface area contributed by atoms with Crippen LogP contribution in [0.1, 0.15) is 63.4 Å². The van der Waals surface area contributed by atoms with Crippen molar-refractivity contribution in [2.45, 2.75) is 70.1 Å². The summed E-state index contributed by atoms with van der Waals surface area (Å²) in [5, 5.41) is 3.44. The van der Waals surface area contributed by atoms with Crippen molar-refractivity contribution in [1.29, 1.82) is 0 Å². The van der Waals surface area contributed by atoms with Crippen molar-refractivity contribution in [2.75, 3.05) is 25.0 Å². The number of pyridine rings is 1. The summed E-state index contributed by atoms with van der Waals surface area (Å²) in [6.45, 7) is 2.22. The first-order valence-electron chi connectivity index (χ1n) is 11.9. The summed E-state index contributed by atoms with van der Waals surface area (Å²) in [7, 11) is 0. The molecule has 32 heavy (non-hydrogen) atoms. The molecule has 2 saturated heterocycles. The van der Waals surface area contributed by atoms with E-state index in [9.17, 15) is 9.59 Å². The number of aromatic nitrogens is 1. The Balaban J connectivity index is 1.19. The van der Waals surface area contributed by atoms with Crippen LogP contribution >= 0.6 is 0 Å². The normalized spacial score (nSPS) is 24.6. The van der Waals surface area contributed by atoms with Gasteiger partial charge in [0.2, 0.25) is 5.91 Å². The maximum atomic E-state index is 12.7. The highest BCUT2D eigenvalue weighted by atomic mass is 16.8. The van der Waals surface area contributed by atoms with Gasteiger partial charge in [-0.2, -0.15) is 0 Å². The van der Waals surface area contributed by atoms with Gasteiger partial charge in [-0.25, -0.2) is 15.3 Å². The Hall–Kier alpha value is -2.45. The lowest BCUT2D eigenvalue weighted by Crippen LogP contribution is -2.36. The maximum absolute atomic E-state index is 12.7. The van der Waals surface area contributed by atoms with Crippen LogP contribution in [0.3, 0.4) is 0 Å². The van der Waals surface area contributed by atoms with Crippen molar-refractivity contribution in [2.24, 2.45) is 5.92 Å². The lowest BCUT2D eigenvalue weighted by atomic mass is 9.88. The smallest absolute Gasteiger partial charge is 0.267 e. The zero-order chi connectivity index (χ0) is 22.2. The van der Waals surface area contributed by atoms with E-state index in [0.29, 0.717) is 12.5 Å². The monoisotopic (exact) mass is 442 g/mol. The second kappa shape index (κ2) is 11.4. The van der Waals surface area contributed by atoms with E-state index < -0.39 is 0 Å². The fraction of sp³-hybridized carbons (Fsp3) is 0.625. The number of nitrogens with one attached hydrogen (secondary N) is 2. The number of nitrogens with zero attached hydrogens (tertiary/aromatic N) is 2. The van der Waals surface area contributed by atoms with E-state index in [0.717, 1.165) is 63.0 Å². The Morgan fingerprint density at radius 3 is 2.69 bits per heavy atom. The number of hydrogen-bond donors (Lipinski definition) is 2. The molecule has 1 aromatic heterocycles. The van der Waals surface area contributed by atoms with Crippen LogP contribution < -0.4 is 10.8 Å². The molecule has 2 aliphatic heterocycles. The van der Waals surface area contributed by atoms with Crippen LogP contribution in [-0.4, -0.2) is 53.7 Å². The summed E-state index contributed by atoms with van der Waals surface area (Å²) in [6, 6.07) is 4.03. The van der Waals surface area contributed by atoms with Crippen LogP contribution in [-0.2, 0) is 19.2 Å². The molecule has 1 saturated carbocycles. The number of amides is 2. The number of ether oxygens (including phenoxy) is 1. The molecule has 0 bridgehead atoms. The van der Waals surface area contributed by atoms with Crippen LogP contribution in [0, 0.1) is 5.92 Å². The van der Waals surface area contributed by atoms with Crippen molar-refractivity contribution >= 4 is 23.7 Å². The molecule has 3 aliphatic rings. The Kier molecular flexibility index (Phi) is 8.12. The summed E-state index contributed by atoms with van der Waals surface area (Å²) in [5.74, 6) is 1.00. The van der Waals surface area contributed by atoms with E-state index in [1.54, 1.807) is 12.3 Å². The first-order chi connectivity index (χ1) is 15.7. The number of rotatable bonds is 7. The molecule has 8 heteroatoms. The zero-order valence-electron chi connectivity index (χ0n) is 18.6. The van der Waals surface area contributed by atoms with E-state index >= 15 is 0 Å². The highest BCUT2D eigenvalue weighted by Crippen LogP contribution is 2.27. The molecule has 8 nitrogen and oxygen atoms in total. The molecule has 174 valence electrons. The molecule has 0 aromatic carbocycles. The fourth-order valence-electron chi connectivity index (χ4n) is 4.62. The lowest BCUT2D eigenvalue weighted by molar-refractivity contribution is -0.198. The summed E-state index contributed by atoms with van der Waals surface area (Å²) >= 11 is 0. The summed E-state index contributed by atoms with van der Waals surface area (Å²) in [6.07, 6.45) is 14.0. The Morgan fingerprint density at radius 1 is 1.09 bits per heavy atom. The highest BCUT2D eigenvalue weighted by Gasteiger charge is 2.31. The first-order valence-corrected chi connectivity index (χ1v) is 11.9. The summed E-state index contributed by atoms with van der Waals surface area (Å²) < 4.78 is 5.41. The van der Waals surface area contributed by atoms with Gasteiger partial charge in [0.05, 0.1) is 0 Å². The molecule has 3 heterocycles. The molecule has 2 N–H and O–H groups in total. The first kappa shape index (κ1) is 22.7. The van der Waals surface area contributed by atoms with E-state index in [1.807, 2.05) is 17.0 Å². The average Bonchev–Trinajstić information content (AvgIpc) is 3.31. The minimum Gasteiger partial charge on any atom is -0.365 e. The topological polar surface area (TPSA) is 92.8 Å². The standard InChI is InChI=1S/C24H34N4O4/c29-22(27-32-23-8-4-5-15-31-23)12-10-18-9-11-21(25-16-18)26-20-13-14-28(17-20)24(30)19-6-2-1-3-7-19/h9-12,16,19-20,23H,1-8,13-15,17H2,(H,25,26)(H,27,29)/b12-10+/t20-,23?/m1/s1. The molecule has 1 aliphatic carbocycles. The van der Waals surface area contributed by atoms with Gasteiger partial charge in [0.15, 0.2) is 6.29 Å².